The summed E-state index contributed by atoms with van der Waals surface area (Å²) in [4.78, 5) is 13.6. The number of carbonyl (C=O) groups excluding carboxylic acids is 1. The van der Waals surface area contributed by atoms with Crippen LogP contribution in [0, 0.1) is 11.1 Å². The van der Waals surface area contributed by atoms with Gasteiger partial charge in [-0.1, -0.05) is 41.4 Å². The number of pyridine rings is 1. The van der Waals surface area contributed by atoms with Crippen molar-refractivity contribution >= 4 is 51.0 Å². The van der Waals surface area contributed by atoms with Crippen molar-refractivity contribution in [1.29, 1.82) is 0 Å². The molecule has 1 saturated carbocycles. The molecule has 0 radical (unpaired) electrons. The third-order valence-corrected chi connectivity index (χ3v) is 11.0. The number of sulfonamides is 1. The van der Waals surface area contributed by atoms with Crippen molar-refractivity contribution in [2.75, 3.05) is 18.9 Å². The van der Waals surface area contributed by atoms with Gasteiger partial charge in [-0.3, -0.25) is 0 Å². The highest BCUT2D eigenvalue weighted by Crippen LogP contribution is 2.39. The average Bonchev–Trinajstić information content (AvgIpc) is 3.69. The number of hydrogen-bond acceptors (Lipinski definition) is 9. The molecule has 2 fully saturated rings. The normalized spacial score (nSPS) is 17.8. The Bertz CT molecular complexity index is 1640. The maximum atomic E-state index is 13.7. The molecule has 0 amide bonds. The Labute approximate surface area is 272 Å². The number of thioether (sulfide) groups is 1. The molecule has 1 aliphatic carbocycles. The van der Waals surface area contributed by atoms with Gasteiger partial charge in [0.05, 0.1) is 18.1 Å². The Balaban J connectivity index is 1.47. The molecule has 16 heteroatoms. The molecule has 2 aliphatic rings. The number of aliphatic hydroxyl groups is 1. The smallest absolute Gasteiger partial charge is 0.387 e. The summed E-state index contributed by atoms with van der Waals surface area (Å²) in [6.45, 7) is -3.18. The minimum absolute atomic E-state index is 0.00613. The van der Waals surface area contributed by atoms with E-state index in [2.05, 4.69) is 4.74 Å². The highest BCUT2D eigenvalue weighted by Gasteiger charge is 2.42. The van der Waals surface area contributed by atoms with Gasteiger partial charge >= 0.3 is 12.6 Å². The Morgan fingerprint density at radius 3 is 2.53 bits per heavy atom. The van der Waals surface area contributed by atoms with Crippen LogP contribution in [0.2, 0.25) is 10.0 Å². The maximum Gasteiger partial charge on any atom is 0.387 e. The summed E-state index contributed by atoms with van der Waals surface area (Å²) in [5.41, 5.74) is 0.952. The largest absolute Gasteiger partial charge is 0.619 e. The van der Waals surface area contributed by atoms with Crippen molar-refractivity contribution in [3.05, 3.63) is 86.8 Å². The number of aromatic nitrogens is 1. The molecule has 1 aliphatic heterocycles. The second-order valence-corrected chi connectivity index (χ2v) is 14.3. The number of hydrogen-bond donors (Lipinski definition) is 1. The van der Waals surface area contributed by atoms with Crippen molar-refractivity contribution in [1.82, 2.24) is 4.31 Å². The molecule has 2 heterocycles. The number of carbonyl (C=O) groups is 1. The van der Waals surface area contributed by atoms with Gasteiger partial charge in [0.2, 0.25) is 10.0 Å². The molecule has 2 unspecified atom stereocenters. The number of benzene rings is 2. The van der Waals surface area contributed by atoms with E-state index in [-0.39, 0.29) is 64.1 Å². The molecule has 10 nitrogen and oxygen atoms in total. The molecule has 242 valence electrons. The van der Waals surface area contributed by atoms with E-state index in [1.165, 1.54) is 36.4 Å². The first-order valence-corrected chi connectivity index (χ1v) is 17.0. The van der Waals surface area contributed by atoms with Crippen LogP contribution in [0.5, 0.6) is 11.5 Å². The van der Waals surface area contributed by atoms with E-state index in [0.717, 1.165) is 41.3 Å². The monoisotopic (exact) mass is 704 g/mol. The van der Waals surface area contributed by atoms with Gasteiger partial charge in [0, 0.05) is 24.3 Å². The molecule has 1 aromatic heterocycles. The Kier molecular flexibility index (Phi) is 10.6. The summed E-state index contributed by atoms with van der Waals surface area (Å²) in [6.07, 6.45) is 2.73. The highest BCUT2D eigenvalue weighted by molar-refractivity contribution is 8.02. The Hall–Kier alpha value is -2.88. The topological polar surface area (TPSA) is 129 Å². The van der Waals surface area contributed by atoms with Gasteiger partial charge in [0.25, 0.3) is 0 Å². The van der Waals surface area contributed by atoms with Gasteiger partial charge in [-0.15, -0.1) is 11.8 Å². The van der Waals surface area contributed by atoms with Crippen LogP contribution in [0.1, 0.15) is 35.6 Å². The number of alkyl halides is 2. The van der Waals surface area contributed by atoms with Gasteiger partial charge in [-0.05, 0) is 54.2 Å². The third kappa shape index (κ3) is 8.10. The molecule has 3 aromatic rings. The van der Waals surface area contributed by atoms with Crippen LogP contribution in [0.4, 0.5) is 8.78 Å². The minimum atomic E-state index is -4.16. The maximum absolute atomic E-state index is 13.7. The van der Waals surface area contributed by atoms with E-state index in [1.54, 1.807) is 6.07 Å². The number of halogens is 4. The summed E-state index contributed by atoms with van der Waals surface area (Å²) >= 11 is 13.7. The Morgan fingerprint density at radius 1 is 1.13 bits per heavy atom. The molecule has 1 N–H and O–H groups in total. The number of nitrogens with zero attached hydrogens (tertiary/aromatic N) is 2. The fraction of sp³-hybridized carbons (Fsp3) is 0.379. The van der Waals surface area contributed by atoms with Crippen LogP contribution in [0.15, 0.2) is 59.8 Å². The fourth-order valence-corrected chi connectivity index (χ4v) is 8.40. The lowest BCUT2D eigenvalue weighted by molar-refractivity contribution is -0.605. The molecule has 45 heavy (non-hydrogen) atoms. The van der Waals surface area contributed by atoms with Crippen molar-refractivity contribution in [2.45, 2.75) is 48.9 Å². The van der Waals surface area contributed by atoms with Gasteiger partial charge < -0.3 is 24.5 Å². The van der Waals surface area contributed by atoms with Crippen molar-refractivity contribution < 1.29 is 46.0 Å². The number of rotatable bonds is 13. The van der Waals surface area contributed by atoms with Gasteiger partial charge in [-0.2, -0.15) is 17.8 Å². The summed E-state index contributed by atoms with van der Waals surface area (Å²) in [5, 5.41) is 20.1. The Morgan fingerprint density at radius 2 is 1.87 bits per heavy atom. The van der Waals surface area contributed by atoms with Crippen LogP contribution >= 0.6 is 35.0 Å². The van der Waals surface area contributed by atoms with E-state index in [4.69, 9.17) is 32.7 Å². The van der Waals surface area contributed by atoms with Crippen molar-refractivity contribution in [2.24, 2.45) is 5.92 Å². The molecule has 0 spiro atoms. The van der Waals surface area contributed by atoms with Gasteiger partial charge in [-0.25, -0.2) is 13.2 Å². The zero-order chi connectivity index (χ0) is 32.3. The van der Waals surface area contributed by atoms with Crippen LogP contribution < -0.4 is 14.2 Å². The third-order valence-electron chi connectivity index (χ3n) is 7.17. The summed E-state index contributed by atoms with van der Waals surface area (Å²) in [7, 11) is -4.16. The minimum Gasteiger partial charge on any atom is -0.619 e. The lowest BCUT2D eigenvalue weighted by Gasteiger charge is -2.26. The fourth-order valence-electron chi connectivity index (χ4n) is 4.69. The van der Waals surface area contributed by atoms with Crippen molar-refractivity contribution in [3.8, 4) is 11.5 Å². The molecule has 0 bridgehead atoms. The average molecular weight is 706 g/mol. The first kappa shape index (κ1) is 33.5. The highest BCUT2D eigenvalue weighted by atomic mass is 35.5. The summed E-state index contributed by atoms with van der Waals surface area (Å²) < 4.78 is 71.2. The second-order valence-electron chi connectivity index (χ2n) is 10.4. The molecule has 2 atom stereocenters. The van der Waals surface area contributed by atoms with Crippen molar-refractivity contribution in [3.63, 3.8) is 0 Å². The molecule has 2 aromatic carbocycles. The first-order chi connectivity index (χ1) is 21.5. The summed E-state index contributed by atoms with van der Waals surface area (Å²) in [6, 6.07) is 9.85. The quantitative estimate of drug-likeness (QED) is 0.147. The number of ether oxygens (including phenoxy) is 3. The van der Waals surface area contributed by atoms with Gasteiger partial charge in [0.15, 0.2) is 29.3 Å². The van der Waals surface area contributed by atoms with Crippen LogP contribution in [-0.2, 0) is 32.6 Å². The van der Waals surface area contributed by atoms with E-state index in [9.17, 15) is 32.3 Å². The summed E-state index contributed by atoms with van der Waals surface area (Å²) in [5.74, 6) is -0.502. The van der Waals surface area contributed by atoms with Crippen LogP contribution in [0.25, 0.3) is 0 Å². The first-order valence-electron chi connectivity index (χ1n) is 13.8. The van der Waals surface area contributed by atoms with E-state index in [0.29, 0.717) is 21.6 Å². The van der Waals surface area contributed by atoms with Crippen LogP contribution in [0.3, 0.4) is 0 Å². The molecule has 1 saturated heterocycles. The number of aliphatic hydroxyl groups excluding tert-OH is 1. The van der Waals surface area contributed by atoms with E-state index < -0.39 is 34.1 Å². The SMILES string of the molecule is O=C(OC(Cc1c(Cl)c[n+]([O-])cc1Cl)c1ccc(OC(F)F)c(OCC2CC2)c1)C1SCCN1S(=O)(=O)c1cccc(CO)c1. The standard InChI is InChI=1S/C29H28Cl2F2N2O8S2/c30-22-13-34(38)14-23(31)21(22)12-25(19-6-7-24(43-29(32)33)26(11-19)41-16-17-4-5-17)42-28(37)27-35(8-9-44-27)45(39,40)20-3-1-2-18(10-20)15-36/h1-3,6-7,10-11,13-14,17,25,27,29,36H,4-5,8-9,12,15-16H2. The van der Waals surface area contributed by atoms with Crippen LogP contribution in [-0.4, -0.2) is 54.7 Å². The zero-order valence-electron chi connectivity index (χ0n) is 23.5. The van der Waals surface area contributed by atoms with E-state index in [1.807, 2.05) is 0 Å². The van der Waals surface area contributed by atoms with E-state index >= 15 is 0 Å². The number of esters is 1. The van der Waals surface area contributed by atoms with Gasteiger partial charge in [0.1, 0.15) is 16.1 Å². The molecule has 5 rings (SSSR count). The predicted octanol–water partition coefficient (Wildman–Crippen LogP) is 5.10. The predicted molar refractivity (Wildman–Crippen MR) is 162 cm³/mol. The zero-order valence-corrected chi connectivity index (χ0v) is 26.6. The lowest BCUT2D eigenvalue weighted by Crippen LogP contribution is -2.40. The second kappa shape index (κ2) is 14.3. The lowest BCUT2D eigenvalue weighted by atomic mass is 10.0. The molecular weight excluding hydrogens is 677 g/mol. The molecular formula is C29H28Cl2F2N2O8S2.